The molecule has 3 heteroatoms. The summed E-state index contributed by atoms with van der Waals surface area (Å²) in [6, 6.07) is 8.00. The first-order chi connectivity index (χ1) is 9.36. The summed E-state index contributed by atoms with van der Waals surface area (Å²) in [5, 5.41) is 3.57. The molecule has 1 amide bonds. The van der Waals surface area contributed by atoms with Crippen molar-refractivity contribution in [1.82, 2.24) is 0 Å². The lowest BCUT2D eigenvalue weighted by Gasteiger charge is -2.37. The van der Waals surface area contributed by atoms with Gasteiger partial charge in [-0.3, -0.25) is 4.79 Å². The van der Waals surface area contributed by atoms with E-state index in [0.717, 1.165) is 11.6 Å². The van der Waals surface area contributed by atoms with Gasteiger partial charge in [0.25, 0.3) is 0 Å². The molecule has 3 nitrogen and oxygen atoms in total. The van der Waals surface area contributed by atoms with Crippen molar-refractivity contribution in [2.45, 2.75) is 52.5 Å². The van der Waals surface area contributed by atoms with E-state index in [9.17, 15) is 4.79 Å². The summed E-state index contributed by atoms with van der Waals surface area (Å²) in [6.07, 6.45) is 5.03. The minimum Gasteiger partial charge on any atom is -0.382 e. The van der Waals surface area contributed by atoms with E-state index in [2.05, 4.69) is 26.1 Å². The highest BCUT2D eigenvalue weighted by Gasteiger charge is 2.29. The molecule has 20 heavy (non-hydrogen) atoms. The SMILES string of the molecule is CC(C)(C)C1CCC(Nc2ccc(C(N)=O)cc2)CC1. The van der Waals surface area contributed by atoms with E-state index in [1.165, 1.54) is 25.7 Å². The highest BCUT2D eigenvalue weighted by molar-refractivity contribution is 5.93. The maximum Gasteiger partial charge on any atom is 0.248 e. The van der Waals surface area contributed by atoms with Gasteiger partial charge in [0, 0.05) is 17.3 Å². The van der Waals surface area contributed by atoms with Crippen molar-refractivity contribution < 1.29 is 4.79 Å². The molecular weight excluding hydrogens is 248 g/mol. The van der Waals surface area contributed by atoms with Crippen LogP contribution in [0.1, 0.15) is 56.8 Å². The zero-order chi connectivity index (χ0) is 14.8. The molecule has 2 rings (SSSR count). The predicted molar refractivity (Wildman–Crippen MR) is 83.8 cm³/mol. The summed E-state index contributed by atoms with van der Waals surface area (Å²) < 4.78 is 0. The molecule has 3 N–H and O–H groups in total. The summed E-state index contributed by atoms with van der Waals surface area (Å²) in [6.45, 7) is 7.02. The number of benzene rings is 1. The Morgan fingerprint density at radius 3 is 2.10 bits per heavy atom. The Labute approximate surface area is 121 Å². The number of anilines is 1. The van der Waals surface area contributed by atoms with Gasteiger partial charge in [-0.1, -0.05) is 20.8 Å². The molecule has 0 saturated heterocycles. The second kappa shape index (κ2) is 5.86. The van der Waals surface area contributed by atoms with Crippen LogP contribution < -0.4 is 11.1 Å². The third-order valence-corrected chi connectivity index (χ3v) is 4.49. The van der Waals surface area contributed by atoms with Crippen LogP contribution in [0.2, 0.25) is 0 Å². The standard InChI is InChI=1S/C17H26N2O/c1-17(2,3)13-6-10-15(11-7-13)19-14-8-4-12(5-9-14)16(18)20/h4-5,8-9,13,15,19H,6-7,10-11H2,1-3H3,(H2,18,20). The van der Waals surface area contributed by atoms with Crippen LogP contribution >= 0.6 is 0 Å². The van der Waals surface area contributed by atoms with Crippen LogP contribution in [0.5, 0.6) is 0 Å². The third-order valence-electron chi connectivity index (χ3n) is 4.49. The van der Waals surface area contributed by atoms with Crippen molar-refractivity contribution >= 4 is 11.6 Å². The Hall–Kier alpha value is -1.51. The van der Waals surface area contributed by atoms with Crippen LogP contribution in [0.25, 0.3) is 0 Å². The number of primary amides is 1. The molecule has 0 bridgehead atoms. The largest absolute Gasteiger partial charge is 0.382 e. The number of hydrogen-bond acceptors (Lipinski definition) is 2. The van der Waals surface area contributed by atoms with Crippen LogP contribution in [0, 0.1) is 11.3 Å². The number of amides is 1. The van der Waals surface area contributed by atoms with Gasteiger partial charge in [0.2, 0.25) is 5.91 Å². The molecule has 1 aromatic carbocycles. The van der Waals surface area contributed by atoms with Crippen molar-refractivity contribution in [1.29, 1.82) is 0 Å². The number of carbonyl (C=O) groups excluding carboxylic acids is 1. The number of carbonyl (C=O) groups is 1. The van der Waals surface area contributed by atoms with Crippen molar-refractivity contribution in [3.8, 4) is 0 Å². The van der Waals surface area contributed by atoms with E-state index in [-0.39, 0.29) is 5.91 Å². The fraction of sp³-hybridized carbons (Fsp3) is 0.588. The van der Waals surface area contributed by atoms with Gasteiger partial charge in [-0.2, -0.15) is 0 Å². The van der Waals surface area contributed by atoms with Crippen LogP contribution in [0.3, 0.4) is 0 Å². The van der Waals surface area contributed by atoms with Crippen LogP contribution in [-0.4, -0.2) is 11.9 Å². The number of nitrogens with one attached hydrogen (secondary N) is 1. The molecule has 0 aliphatic heterocycles. The molecule has 0 radical (unpaired) electrons. The highest BCUT2D eigenvalue weighted by atomic mass is 16.1. The Balaban J connectivity index is 1.88. The van der Waals surface area contributed by atoms with Gasteiger partial charge in [0.1, 0.15) is 0 Å². The van der Waals surface area contributed by atoms with Gasteiger partial charge in [-0.05, 0) is 61.3 Å². The van der Waals surface area contributed by atoms with Crippen LogP contribution in [-0.2, 0) is 0 Å². The van der Waals surface area contributed by atoms with Gasteiger partial charge >= 0.3 is 0 Å². The summed E-state index contributed by atoms with van der Waals surface area (Å²) >= 11 is 0. The number of hydrogen-bond donors (Lipinski definition) is 2. The highest BCUT2D eigenvalue weighted by Crippen LogP contribution is 2.38. The topological polar surface area (TPSA) is 55.1 Å². The van der Waals surface area contributed by atoms with E-state index >= 15 is 0 Å². The minimum absolute atomic E-state index is 0.373. The number of nitrogens with two attached hydrogens (primary N) is 1. The second-order valence-corrected chi connectivity index (χ2v) is 7.00. The van der Waals surface area contributed by atoms with Crippen molar-refractivity contribution in [2.24, 2.45) is 17.1 Å². The fourth-order valence-corrected chi connectivity index (χ4v) is 3.07. The van der Waals surface area contributed by atoms with Crippen LogP contribution in [0.4, 0.5) is 5.69 Å². The Kier molecular flexibility index (Phi) is 4.36. The molecule has 0 aromatic heterocycles. The van der Waals surface area contributed by atoms with Gasteiger partial charge in [-0.15, -0.1) is 0 Å². The molecule has 0 atom stereocenters. The molecule has 0 spiro atoms. The molecular formula is C17H26N2O. The maximum atomic E-state index is 11.0. The molecule has 1 aliphatic rings. The molecule has 110 valence electrons. The predicted octanol–water partition coefficient (Wildman–Crippen LogP) is 3.80. The van der Waals surface area contributed by atoms with E-state index in [0.29, 0.717) is 17.0 Å². The zero-order valence-electron chi connectivity index (χ0n) is 12.8. The summed E-state index contributed by atoms with van der Waals surface area (Å²) in [7, 11) is 0. The van der Waals surface area contributed by atoms with Gasteiger partial charge < -0.3 is 11.1 Å². The molecule has 1 aromatic rings. The van der Waals surface area contributed by atoms with E-state index < -0.39 is 0 Å². The summed E-state index contributed by atoms with van der Waals surface area (Å²) in [4.78, 5) is 11.0. The Bertz CT molecular complexity index is 451. The summed E-state index contributed by atoms with van der Waals surface area (Å²) in [5.74, 6) is 0.458. The quantitative estimate of drug-likeness (QED) is 0.880. The van der Waals surface area contributed by atoms with E-state index in [4.69, 9.17) is 5.73 Å². The first-order valence-electron chi connectivity index (χ1n) is 7.52. The van der Waals surface area contributed by atoms with Crippen molar-refractivity contribution in [3.05, 3.63) is 29.8 Å². The minimum atomic E-state index is -0.373. The van der Waals surface area contributed by atoms with Crippen molar-refractivity contribution in [2.75, 3.05) is 5.32 Å². The van der Waals surface area contributed by atoms with Gasteiger partial charge in [-0.25, -0.2) is 0 Å². The fourth-order valence-electron chi connectivity index (χ4n) is 3.07. The third kappa shape index (κ3) is 3.75. The lowest BCUT2D eigenvalue weighted by Crippen LogP contribution is -2.31. The second-order valence-electron chi connectivity index (χ2n) is 7.00. The molecule has 1 saturated carbocycles. The molecule has 1 aliphatic carbocycles. The average Bonchev–Trinajstić information content (AvgIpc) is 2.39. The first kappa shape index (κ1) is 14.9. The van der Waals surface area contributed by atoms with Gasteiger partial charge in [0.05, 0.1) is 0 Å². The van der Waals surface area contributed by atoms with Crippen LogP contribution in [0.15, 0.2) is 24.3 Å². The van der Waals surface area contributed by atoms with E-state index in [1.54, 1.807) is 12.1 Å². The summed E-state index contributed by atoms with van der Waals surface area (Å²) in [5.41, 5.74) is 7.31. The first-order valence-corrected chi connectivity index (χ1v) is 7.52. The lowest BCUT2D eigenvalue weighted by molar-refractivity contribution is 0.100. The average molecular weight is 274 g/mol. The van der Waals surface area contributed by atoms with E-state index in [1.807, 2.05) is 12.1 Å². The smallest absolute Gasteiger partial charge is 0.248 e. The monoisotopic (exact) mass is 274 g/mol. The van der Waals surface area contributed by atoms with Crippen molar-refractivity contribution in [3.63, 3.8) is 0 Å². The molecule has 0 heterocycles. The lowest BCUT2D eigenvalue weighted by atomic mass is 9.71. The normalized spacial score (nSPS) is 23.4. The Morgan fingerprint density at radius 2 is 1.65 bits per heavy atom. The molecule has 1 fully saturated rings. The zero-order valence-corrected chi connectivity index (χ0v) is 12.8. The molecule has 0 unspecified atom stereocenters. The van der Waals surface area contributed by atoms with Gasteiger partial charge in [0.15, 0.2) is 0 Å². The Morgan fingerprint density at radius 1 is 1.10 bits per heavy atom. The number of rotatable bonds is 3. The maximum absolute atomic E-state index is 11.0.